The smallest absolute Gasteiger partial charge is 0.207 e. The Balaban J connectivity index is 1.16. The van der Waals surface area contributed by atoms with Crippen LogP contribution < -0.4 is 5.43 Å². The van der Waals surface area contributed by atoms with Gasteiger partial charge in [-0.15, -0.1) is 11.6 Å². The van der Waals surface area contributed by atoms with Crippen LogP contribution >= 0.6 is 22.9 Å². The lowest BCUT2D eigenvalue weighted by Crippen LogP contribution is -2.57. The van der Waals surface area contributed by atoms with Gasteiger partial charge in [0, 0.05) is 17.0 Å². The summed E-state index contributed by atoms with van der Waals surface area (Å²) in [4.78, 5) is 15.2. The zero-order chi connectivity index (χ0) is 29.9. The molecule has 0 spiro atoms. The molecular weight excluding hydrogens is 570 g/mol. The van der Waals surface area contributed by atoms with E-state index >= 15 is 0 Å². The summed E-state index contributed by atoms with van der Waals surface area (Å²) >= 11 is 8.43. The van der Waals surface area contributed by atoms with Crippen LogP contribution in [0.15, 0.2) is 29.4 Å². The first-order valence-electron chi connectivity index (χ1n) is 17.2. The number of alkyl halides is 1. The molecule has 2 heterocycles. The van der Waals surface area contributed by atoms with E-state index in [2.05, 4.69) is 40.0 Å². The van der Waals surface area contributed by atoms with E-state index < -0.39 is 0 Å². The number of halogens is 1. The van der Waals surface area contributed by atoms with Gasteiger partial charge >= 0.3 is 0 Å². The van der Waals surface area contributed by atoms with Gasteiger partial charge in [-0.1, -0.05) is 77.4 Å². The van der Waals surface area contributed by atoms with E-state index in [-0.39, 0.29) is 10.8 Å². The van der Waals surface area contributed by atoms with E-state index in [0.29, 0.717) is 17.0 Å². The zero-order valence-corrected chi connectivity index (χ0v) is 28.4. The number of benzene rings is 1. The summed E-state index contributed by atoms with van der Waals surface area (Å²) in [6, 6.07) is 8.01. The van der Waals surface area contributed by atoms with Crippen molar-refractivity contribution in [3.63, 3.8) is 0 Å². The zero-order valence-electron chi connectivity index (χ0n) is 26.8. The summed E-state index contributed by atoms with van der Waals surface area (Å²) in [6.07, 6.45) is 14.3. The number of nitrogens with one attached hydrogen (secondary N) is 1. The SMILES string of the molecule is CC(C)CCCC(C)C1CCC2C3C/C(=N\Nc4nc5nc6ccccc6nc5s4)C4CC(Cl)CCC4(C)C3CCC12C. The fraction of sp³-hybridized carbons (Fsp3) is 0.722. The van der Waals surface area contributed by atoms with E-state index in [9.17, 15) is 0 Å². The van der Waals surface area contributed by atoms with Crippen molar-refractivity contribution in [2.24, 2.45) is 57.4 Å². The van der Waals surface area contributed by atoms with Crippen LogP contribution in [0.1, 0.15) is 105 Å². The first-order valence-corrected chi connectivity index (χ1v) is 18.4. The molecule has 9 atom stereocenters. The van der Waals surface area contributed by atoms with Crippen molar-refractivity contribution in [2.75, 3.05) is 5.43 Å². The minimum Gasteiger partial charge on any atom is -0.253 e. The molecule has 0 radical (unpaired) electrons. The summed E-state index contributed by atoms with van der Waals surface area (Å²) < 4.78 is 0. The van der Waals surface area contributed by atoms with Crippen LogP contribution in [0.2, 0.25) is 0 Å². The molecule has 5 nitrogen and oxygen atoms in total. The standard InChI is InChI=1S/C36H50ClN5S/c1-21(2)9-8-10-22(3)25-13-14-26-24-20-31(28-19-23(37)15-17-36(28,5)27(24)16-18-35(25,26)4)41-42-34-40-32-33(43-34)39-30-12-7-6-11-29(30)38-32/h6-7,11-12,21-28H,8-10,13-20H2,1-5H3,(H,38,40,42)/b41-31+. The normalized spacial score (nSPS) is 37.4. The molecule has 1 aromatic carbocycles. The van der Waals surface area contributed by atoms with Gasteiger partial charge in [0.1, 0.15) is 0 Å². The van der Waals surface area contributed by atoms with Crippen LogP contribution in [0.5, 0.6) is 0 Å². The molecule has 4 aliphatic rings. The molecule has 0 amide bonds. The average Bonchev–Trinajstić information content (AvgIpc) is 3.54. The third kappa shape index (κ3) is 5.30. The molecule has 0 bridgehead atoms. The van der Waals surface area contributed by atoms with E-state index in [0.717, 1.165) is 75.8 Å². The van der Waals surface area contributed by atoms with Crippen molar-refractivity contribution in [3.05, 3.63) is 24.3 Å². The molecule has 0 saturated heterocycles. The Morgan fingerprint density at radius 2 is 1.70 bits per heavy atom. The van der Waals surface area contributed by atoms with Crippen molar-refractivity contribution in [3.8, 4) is 0 Å². The van der Waals surface area contributed by atoms with Gasteiger partial charge in [0.05, 0.1) is 11.0 Å². The quantitative estimate of drug-likeness (QED) is 0.211. The number of aromatic nitrogens is 3. The monoisotopic (exact) mass is 619 g/mol. The highest BCUT2D eigenvalue weighted by atomic mass is 35.5. The fourth-order valence-corrected chi connectivity index (χ4v) is 11.7. The number of hydrogen-bond donors (Lipinski definition) is 1. The number of para-hydroxylation sites is 2. The van der Waals surface area contributed by atoms with Crippen molar-refractivity contribution < 1.29 is 0 Å². The number of rotatable bonds is 7. The predicted octanol–water partition coefficient (Wildman–Crippen LogP) is 10.3. The first-order chi connectivity index (χ1) is 20.7. The maximum atomic E-state index is 6.88. The highest BCUT2D eigenvalue weighted by Gasteiger charge is 2.62. The van der Waals surface area contributed by atoms with Gasteiger partial charge in [-0.3, -0.25) is 5.43 Å². The Hall–Kier alpha value is -1.79. The van der Waals surface area contributed by atoms with Gasteiger partial charge in [0.2, 0.25) is 5.13 Å². The van der Waals surface area contributed by atoms with Crippen LogP contribution in [0, 0.1) is 52.3 Å². The summed E-state index contributed by atoms with van der Waals surface area (Å²) in [5.41, 5.74) is 8.00. The van der Waals surface area contributed by atoms with Crippen LogP contribution in [0.4, 0.5) is 5.13 Å². The molecule has 0 aliphatic heterocycles. The molecule has 43 heavy (non-hydrogen) atoms. The Labute approximate surface area is 267 Å². The van der Waals surface area contributed by atoms with Crippen LogP contribution in [0.3, 0.4) is 0 Å². The minimum absolute atomic E-state index is 0.250. The van der Waals surface area contributed by atoms with E-state index in [1.54, 1.807) is 11.3 Å². The number of hydrazone groups is 1. The molecule has 3 aromatic rings. The highest BCUT2D eigenvalue weighted by Crippen LogP contribution is 2.68. The summed E-state index contributed by atoms with van der Waals surface area (Å²) in [5, 5.41) is 6.25. The van der Waals surface area contributed by atoms with E-state index in [1.165, 1.54) is 57.1 Å². The molecule has 4 aliphatic carbocycles. The molecule has 7 heteroatoms. The van der Waals surface area contributed by atoms with E-state index in [1.807, 2.05) is 24.3 Å². The largest absolute Gasteiger partial charge is 0.253 e. The summed E-state index contributed by atoms with van der Waals surface area (Å²) in [6.45, 7) is 12.6. The molecule has 4 saturated carbocycles. The second-order valence-electron chi connectivity index (χ2n) is 15.6. The van der Waals surface area contributed by atoms with Gasteiger partial charge < -0.3 is 0 Å². The van der Waals surface area contributed by atoms with Gasteiger partial charge in [-0.05, 0) is 110 Å². The summed E-state index contributed by atoms with van der Waals surface area (Å²) in [7, 11) is 0. The number of thiazole rings is 1. The lowest BCUT2D eigenvalue weighted by Gasteiger charge is -2.61. The number of fused-ring (bicyclic) bond motifs is 7. The summed E-state index contributed by atoms with van der Waals surface area (Å²) in [5.74, 6) is 5.28. The van der Waals surface area contributed by atoms with Crippen LogP contribution in [-0.2, 0) is 0 Å². The van der Waals surface area contributed by atoms with Crippen LogP contribution in [0.25, 0.3) is 21.5 Å². The Bertz CT molecular complexity index is 1450. The number of hydrogen-bond acceptors (Lipinski definition) is 6. The maximum Gasteiger partial charge on any atom is 0.207 e. The van der Waals surface area contributed by atoms with Gasteiger partial charge in [-0.2, -0.15) is 10.1 Å². The van der Waals surface area contributed by atoms with Crippen molar-refractivity contribution >= 4 is 55.3 Å². The predicted molar refractivity (Wildman–Crippen MR) is 182 cm³/mol. The Morgan fingerprint density at radius 3 is 2.49 bits per heavy atom. The third-order valence-corrected chi connectivity index (χ3v) is 14.1. The Morgan fingerprint density at radius 1 is 0.953 bits per heavy atom. The lowest BCUT2D eigenvalue weighted by atomic mass is 9.44. The number of nitrogens with zero attached hydrogens (tertiary/aromatic N) is 4. The molecule has 2 aromatic heterocycles. The highest BCUT2D eigenvalue weighted by molar-refractivity contribution is 7.21. The lowest BCUT2D eigenvalue weighted by molar-refractivity contribution is -0.0793. The topological polar surface area (TPSA) is 63.1 Å². The first kappa shape index (κ1) is 29.9. The molecule has 1 N–H and O–H groups in total. The molecule has 9 unspecified atom stereocenters. The minimum atomic E-state index is 0.250. The van der Waals surface area contributed by atoms with Gasteiger partial charge in [0.15, 0.2) is 10.5 Å². The van der Waals surface area contributed by atoms with Crippen LogP contribution in [-0.4, -0.2) is 26.0 Å². The molecular formula is C36H50ClN5S. The molecule has 4 fully saturated rings. The van der Waals surface area contributed by atoms with E-state index in [4.69, 9.17) is 31.7 Å². The van der Waals surface area contributed by atoms with Gasteiger partial charge in [-0.25, -0.2) is 9.97 Å². The van der Waals surface area contributed by atoms with Crippen molar-refractivity contribution in [1.82, 2.24) is 15.0 Å². The van der Waals surface area contributed by atoms with Crippen molar-refractivity contribution in [2.45, 2.75) is 111 Å². The third-order valence-electron chi connectivity index (χ3n) is 12.8. The Kier molecular flexibility index (Phi) is 8.02. The molecule has 7 rings (SSSR count). The van der Waals surface area contributed by atoms with Gasteiger partial charge in [0.25, 0.3) is 0 Å². The second-order valence-corrected chi connectivity index (χ2v) is 17.2. The fourth-order valence-electron chi connectivity index (χ4n) is 10.7. The number of anilines is 1. The molecule has 232 valence electrons. The van der Waals surface area contributed by atoms with Crippen molar-refractivity contribution in [1.29, 1.82) is 0 Å². The maximum absolute atomic E-state index is 6.88. The second kappa shape index (κ2) is 11.5. The average molecular weight is 620 g/mol.